The minimum absolute atomic E-state index is 0.128. The van der Waals surface area contributed by atoms with Crippen LogP contribution in [0.1, 0.15) is 0 Å². The Morgan fingerprint density at radius 1 is 1.47 bits per heavy atom. The van der Waals surface area contributed by atoms with E-state index in [1.165, 1.54) is 18.2 Å². The van der Waals surface area contributed by atoms with Crippen molar-refractivity contribution >= 4 is 38.0 Å². The van der Waals surface area contributed by atoms with Crippen molar-refractivity contribution < 1.29 is 13.2 Å². The van der Waals surface area contributed by atoms with Gasteiger partial charge in [0.2, 0.25) is 4.62 Å². The van der Waals surface area contributed by atoms with E-state index in [1.54, 1.807) is 0 Å². The summed E-state index contributed by atoms with van der Waals surface area (Å²) in [4.78, 5) is 3.69. The molecule has 15 heavy (non-hydrogen) atoms. The van der Waals surface area contributed by atoms with Crippen molar-refractivity contribution in [2.24, 2.45) is 5.10 Å². The second kappa shape index (κ2) is 4.80. The molecule has 0 aliphatic carbocycles. The SMILES string of the molecule is FC(F)(F)/C(Br)=N/Nc1cccc(Cl)n1. The van der Waals surface area contributed by atoms with Crippen molar-refractivity contribution in [2.75, 3.05) is 5.43 Å². The number of alkyl halides is 3. The Labute approximate surface area is 96.5 Å². The molecular formula is C7H4BrClF3N3. The smallest absolute Gasteiger partial charge is 0.260 e. The molecule has 1 N–H and O–H groups in total. The lowest BCUT2D eigenvalue weighted by molar-refractivity contribution is -0.0551. The fraction of sp³-hybridized carbons (Fsp3) is 0.143. The Kier molecular flexibility index (Phi) is 3.92. The van der Waals surface area contributed by atoms with Crippen molar-refractivity contribution in [3.63, 3.8) is 0 Å². The highest BCUT2D eigenvalue weighted by Crippen LogP contribution is 2.21. The molecular weight excluding hydrogens is 298 g/mol. The highest BCUT2D eigenvalue weighted by atomic mass is 79.9. The Morgan fingerprint density at radius 3 is 2.67 bits per heavy atom. The predicted molar refractivity (Wildman–Crippen MR) is 55.3 cm³/mol. The number of pyridine rings is 1. The zero-order chi connectivity index (χ0) is 11.5. The molecule has 82 valence electrons. The summed E-state index contributed by atoms with van der Waals surface area (Å²) in [5.74, 6) is 0.128. The van der Waals surface area contributed by atoms with Crippen LogP contribution in [0, 0.1) is 0 Å². The summed E-state index contributed by atoms with van der Waals surface area (Å²) in [6, 6.07) is 4.47. The molecule has 0 aliphatic heterocycles. The molecule has 0 spiro atoms. The van der Waals surface area contributed by atoms with E-state index >= 15 is 0 Å². The highest BCUT2D eigenvalue weighted by Gasteiger charge is 2.34. The van der Waals surface area contributed by atoms with Gasteiger partial charge in [0.25, 0.3) is 0 Å². The van der Waals surface area contributed by atoms with Crippen molar-refractivity contribution in [3.8, 4) is 0 Å². The number of hydrogen-bond acceptors (Lipinski definition) is 3. The second-order valence-electron chi connectivity index (χ2n) is 2.36. The topological polar surface area (TPSA) is 37.3 Å². The number of rotatable bonds is 2. The Morgan fingerprint density at radius 2 is 2.13 bits per heavy atom. The maximum absolute atomic E-state index is 12.0. The molecule has 0 saturated carbocycles. The van der Waals surface area contributed by atoms with Gasteiger partial charge in [0.15, 0.2) is 0 Å². The maximum atomic E-state index is 12.0. The lowest BCUT2D eigenvalue weighted by atomic mass is 10.5. The van der Waals surface area contributed by atoms with E-state index in [1.807, 2.05) is 0 Å². The molecule has 8 heteroatoms. The maximum Gasteiger partial charge on any atom is 0.441 e. The molecule has 0 fully saturated rings. The highest BCUT2D eigenvalue weighted by molar-refractivity contribution is 9.18. The summed E-state index contributed by atoms with van der Waals surface area (Å²) in [5.41, 5.74) is 2.12. The monoisotopic (exact) mass is 301 g/mol. The first-order valence-corrected chi connectivity index (χ1v) is 4.75. The lowest BCUT2D eigenvalue weighted by Crippen LogP contribution is -2.18. The number of hydrazone groups is 1. The molecule has 1 aromatic rings. The first kappa shape index (κ1) is 12.3. The molecule has 0 atom stereocenters. The van der Waals surface area contributed by atoms with Crippen molar-refractivity contribution in [1.82, 2.24) is 4.98 Å². The van der Waals surface area contributed by atoms with E-state index in [0.29, 0.717) is 0 Å². The van der Waals surface area contributed by atoms with Crippen LogP contribution in [-0.4, -0.2) is 15.8 Å². The number of hydrogen-bond donors (Lipinski definition) is 1. The van der Waals surface area contributed by atoms with Crippen LogP contribution in [0.25, 0.3) is 0 Å². The Hall–Kier alpha value is -0.820. The third-order valence-corrected chi connectivity index (χ3v) is 2.06. The van der Waals surface area contributed by atoms with E-state index in [0.717, 1.165) is 0 Å². The van der Waals surface area contributed by atoms with Gasteiger partial charge in [0.1, 0.15) is 11.0 Å². The average molecular weight is 302 g/mol. The summed E-state index contributed by atoms with van der Waals surface area (Å²) in [6.45, 7) is 0. The molecule has 0 unspecified atom stereocenters. The van der Waals surface area contributed by atoms with Crippen LogP contribution in [0.2, 0.25) is 5.15 Å². The first-order chi connectivity index (χ1) is 6.89. The van der Waals surface area contributed by atoms with Crippen LogP contribution >= 0.6 is 27.5 Å². The van der Waals surface area contributed by atoms with Gasteiger partial charge in [-0.2, -0.15) is 18.3 Å². The van der Waals surface area contributed by atoms with E-state index in [-0.39, 0.29) is 11.0 Å². The van der Waals surface area contributed by atoms with Crippen LogP contribution in [0.4, 0.5) is 19.0 Å². The molecule has 1 aromatic heterocycles. The molecule has 0 saturated heterocycles. The number of aromatic nitrogens is 1. The van der Waals surface area contributed by atoms with E-state index in [4.69, 9.17) is 11.6 Å². The molecule has 0 aromatic carbocycles. The minimum atomic E-state index is -4.52. The van der Waals surface area contributed by atoms with Crippen LogP contribution in [0.5, 0.6) is 0 Å². The van der Waals surface area contributed by atoms with Crippen LogP contribution in [0.3, 0.4) is 0 Å². The Balaban J connectivity index is 2.72. The van der Waals surface area contributed by atoms with Gasteiger partial charge < -0.3 is 0 Å². The standard InChI is InChI=1S/C7H4BrClF3N3/c8-6(7(10,11)12)15-14-5-3-1-2-4(9)13-5/h1-3H,(H,13,14)/b15-6-. The van der Waals surface area contributed by atoms with E-state index in [9.17, 15) is 13.2 Å². The third kappa shape index (κ3) is 4.05. The molecule has 0 bridgehead atoms. The van der Waals surface area contributed by atoms with E-state index < -0.39 is 10.8 Å². The lowest BCUT2D eigenvalue weighted by Gasteiger charge is -2.04. The van der Waals surface area contributed by atoms with Crippen molar-refractivity contribution in [2.45, 2.75) is 6.18 Å². The fourth-order valence-electron chi connectivity index (χ4n) is 0.640. The van der Waals surface area contributed by atoms with Gasteiger partial charge >= 0.3 is 6.18 Å². The van der Waals surface area contributed by atoms with Gasteiger partial charge in [-0.05, 0) is 28.1 Å². The molecule has 1 heterocycles. The van der Waals surface area contributed by atoms with Gasteiger partial charge in [-0.15, -0.1) is 0 Å². The van der Waals surface area contributed by atoms with Gasteiger partial charge in [0.05, 0.1) is 0 Å². The Bertz CT molecular complexity index is 380. The molecule has 1 rings (SSSR count). The minimum Gasteiger partial charge on any atom is -0.260 e. The number of nitrogens with one attached hydrogen (secondary N) is 1. The molecule has 0 aliphatic rings. The summed E-state index contributed by atoms with van der Waals surface area (Å²) >= 11 is 7.79. The summed E-state index contributed by atoms with van der Waals surface area (Å²) in [5, 5.41) is 3.21. The molecule has 0 radical (unpaired) electrons. The van der Waals surface area contributed by atoms with E-state index in [2.05, 4.69) is 31.4 Å². The summed E-state index contributed by atoms with van der Waals surface area (Å²) < 4.78 is 34.7. The van der Waals surface area contributed by atoms with Gasteiger partial charge in [0, 0.05) is 0 Å². The van der Waals surface area contributed by atoms with Gasteiger partial charge in [-0.1, -0.05) is 17.7 Å². The van der Waals surface area contributed by atoms with Gasteiger partial charge in [-0.3, -0.25) is 5.43 Å². The predicted octanol–water partition coefficient (Wildman–Crippen LogP) is 3.42. The average Bonchev–Trinajstić information content (AvgIpc) is 2.12. The zero-order valence-corrected chi connectivity index (χ0v) is 9.36. The third-order valence-electron chi connectivity index (χ3n) is 1.22. The number of nitrogens with zero attached hydrogens (tertiary/aromatic N) is 2. The summed E-state index contributed by atoms with van der Waals surface area (Å²) in [6.07, 6.45) is -4.52. The number of halogens is 5. The first-order valence-electron chi connectivity index (χ1n) is 3.58. The van der Waals surface area contributed by atoms with Crippen LogP contribution in [0.15, 0.2) is 23.3 Å². The summed E-state index contributed by atoms with van der Waals surface area (Å²) in [7, 11) is 0. The van der Waals surface area contributed by atoms with Crippen LogP contribution in [-0.2, 0) is 0 Å². The van der Waals surface area contributed by atoms with Crippen molar-refractivity contribution in [3.05, 3.63) is 23.4 Å². The fourth-order valence-corrected chi connectivity index (χ4v) is 0.893. The quantitative estimate of drug-likeness (QED) is 0.516. The molecule has 3 nitrogen and oxygen atoms in total. The zero-order valence-electron chi connectivity index (χ0n) is 7.02. The number of anilines is 1. The van der Waals surface area contributed by atoms with Crippen LogP contribution < -0.4 is 5.43 Å². The molecule has 0 amide bonds. The second-order valence-corrected chi connectivity index (χ2v) is 3.50. The van der Waals surface area contributed by atoms with Gasteiger partial charge in [-0.25, -0.2) is 4.98 Å². The largest absolute Gasteiger partial charge is 0.441 e. The van der Waals surface area contributed by atoms with Crippen molar-refractivity contribution in [1.29, 1.82) is 0 Å². The normalized spacial score (nSPS) is 12.7.